The molecule has 162 valence electrons. The predicted octanol–water partition coefficient (Wildman–Crippen LogP) is 3.64. The van der Waals surface area contributed by atoms with E-state index in [1.807, 2.05) is 55.5 Å². The molecule has 1 unspecified atom stereocenters. The average molecular weight is 415 g/mol. The molecule has 0 aliphatic rings. The summed E-state index contributed by atoms with van der Waals surface area (Å²) < 4.78 is 21.7. The van der Waals surface area contributed by atoms with Gasteiger partial charge in [-0.1, -0.05) is 29.4 Å². The van der Waals surface area contributed by atoms with Gasteiger partial charge in [0.05, 0.1) is 13.7 Å². The van der Waals surface area contributed by atoms with Gasteiger partial charge < -0.3 is 23.8 Å². The third kappa shape index (κ3) is 7.08. The monoisotopic (exact) mass is 415 g/mol. The minimum atomic E-state index is -0.616. The quantitative estimate of drug-likeness (QED) is 0.299. The van der Waals surface area contributed by atoms with Crippen LogP contribution in [-0.4, -0.2) is 51.8 Å². The van der Waals surface area contributed by atoms with Gasteiger partial charge in [-0.2, -0.15) is 0 Å². The number of carbonyl (C=O) groups is 1. The Morgan fingerprint density at radius 1 is 1.00 bits per heavy atom. The van der Waals surface area contributed by atoms with Crippen molar-refractivity contribution in [3.63, 3.8) is 0 Å². The maximum Gasteiger partial charge on any atom is 0.335 e. The molecule has 0 aliphatic carbocycles. The highest BCUT2D eigenvalue weighted by molar-refractivity contribution is 6.01. The molecule has 0 radical (unpaired) electrons. The Hall–Kier alpha value is -3.06. The average Bonchev–Trinajstić information content (AvgIpc) is 2.77. The van der Waals surface area contributed by atoms with Gasteiger partial charge in [0.25, 0.3) is 0 Å². The molecule has 30 heavy (non-hydrogen) atoms. The second-order valence-corrected chi connectivity index (χ2v) is 6.29. The summed E-state index contributed by atoms with van der Waals surface area (Å²) in [6, 6.07) is 15.0. The van der Waals surface area contributed by atoms with E-state index >= 15 is 0 Å². The van der Waals surface area contributed by atoms with Crippen molar-refractivity contribution in [2.24, 2.45) is 5.16 Å². The van der Waals surface area contributed by atoms with E-state index in [1.54, 1.807) is 14.0 Å². The standard InChI is InChI=1S/C23H29NO6/c1-5-28-22(23(25)29-6-2)14-17-10-12-19(13-11-17)30-16-21(24-27-4)18-8-7-9-20(15-18)26-3/h7-13,15,22H,5-6,14,16H2,1-4H3/b24-21+. The van der Waals surface area contributed by atoms with Crippen LogP contribution >= 0.6 is 0 Å². The zero-order valence-electron chi connectivity index (χ0n) is 17.9. The third-order valence-electron chi connectivity index (χ3n) is 4.24. The number of methoxy groups -OCH3 is 1. The molecule has 7 heteroatoms. The van der Waals surface area contributed by atoms with Gasteiger partial charge in [-0.05, 0) is 43.7 Å². The fourth-order valence-corrected chi connectivity index (χ4v) is 2.81. The molecule has 0 spiro atoms. The summed E-state index contributed by atoms with van der Waals surface area (Å²) in [7, 11) is 3.11. The smallest absolute Gasteiger partial charge is 0.335 e. The van der Waals surface area contributed by atoms with E-state index < -0.39 is 6.10 Å². The van der Waals surface area contributed by atoms with Gasteiger partial charge in [0.1, 0.15) is 30.9 Å². The SMILES string of the molecule is CCOC(=O)C(Cc1ccc(OC/C(=N\OC)c2cccc(OC)c2)cc1)OCC. The number of oxime groups is 1. The van der Waals surface area contributed by atoms with Gasteiger partial charge in [-0.15, -0.1) is 0 Å². The Bertz CT molecular complexity index is 819. The highest BCUT2D eigenvalue weighted by atomic mass is 16.6. The minimum Gasteiger partial charge on any atom is -0.497 e. The van der Waals surface area contributed by atoms with Crippen LogP contribution in [0.15, 0.2) is 53.7 Å². The summed E-state index contributed by atoms with van der Waals surface area (Å²) in [4.78, 5) is 17.0. The number of esters is 1. The van der Waals surface area contributed by atoms with Crippen LogP contribution in [0.5, 0.6) is 11.5 Å². The fraction of sp³-hybridized carbons (Fsp3) is 0.391. The van der Waals surface area contributed by atoms with Crippen molar-refractivity contribution in [3.05, 3.63) is 59.7 Å². The van der Waals surface area contributed by atoms with E-state index in [4.69, 9.17) is 23.8 Å². The maximum atomic E-state index is 12.0. The van der Waals surface area contributed by atoms with Crippen LogP contribution in [0, 0.1) is 0 Å². The number of benzene rings is 2. The summed E-state index contributed by atoms with van der Waals surface area (Å²) in [6.45, 7) is 4.62. The molecule has 0 aliphatic heterocycles. The highest BCUT2D eigenvalue weighted by Gasteiger charge is 2.20. The van der Waals surface area contributed by atoms with Crippen molar-refractivity contribution in [2.75, 3.05) is 34.0 Å². The van der Waals surface area contributed by atoms with Crippen molar-refractivity contribution in [1.29, 1.82) is 0 Å². The van der Waals surface area contributed by atoms with Gasteiger partial charge in [-0.25, -0.2) is 4.79 Å². The van der Waals surface area contributed by atoms with Crippen molar-refractivity contribution in [2.45, 2.75) is 26.4 Å². The highest BCUT2D eigenvalue weighted by Crippen LogP contribution is 2.17. The van der Waals surface area contributed by atoms with E-state index in [0.29, 0.717) is 31.1 Å². The van der Waals surface area contributed by atoms with Crippen LogP contribution in [0.4, 0.5) is 0 Å². The summed E-state index contributed by atoms with van der Waals surface area (Å²) >= 11 is 0. The summed E-state index contributed by atoms with van der Waals surface area (Å²) in [5, 5.41) is 4.07. The molecule has 0 heterocycles. The van der Waals surface area contributed by atoms with Gasteiger partial charge in [0.2, 0.25) is 0 Å². The molecule has 0 amide bonds. The van der Waals surface area contributed by atoms with Crippen molar-refractivity contribution in [3.8, 4) is 11.5 Å². The molecular weight excluding hydrogens is 386 g/mol. The lowest BCUT2D eigenvalue weighted by Gasteiger charge is -2.16. The molecule has 0 saturated carbocycles. The van der Waals surface area contributed by atoms with Crippen molar-refractivity contribution in [1.82, 2.24) is 0 Å². The number of carbonyl (C=O) groups excluding carboxylic acids is 1. The Kier molecular flexibility index (Phi) is 9.67. The molecule has 1 atom stereocenters. The van der Waals surface area contributed by atoms with E-state index in [-0.39, 0.29) is 12.6 Å². The lowest BCUT2D eigenvalue weighted by atomic mass is 10.1. The van der Waals surface area contributed by atoms with E-state index in [9.17, 15) is 4.79 Å². The molecule has 2 aromatic carbocycles. The number of hydrogen-bond acceptors (Lipinski definition) is 7. The van der Waals surface area contributed by atoms with Gasteiger partial charge in [-0.3, -0.25) is 0 Å². The first-order chi connectivity index (χ1) is 14.6. The molecule has 0 aromatic heterocycles. The Balaban J connectivity index is 2.01. The molecular formula is C23H29NO6. The number of ether oxygens (including phenoxy) is 4. The lowest BCUT2D eigenvalue weighted by Crippen LogP contribution is -2.28. The van der Waals surface area contributed by atoms with Crippen LogP contribution in [0.1, 0.15) is 25.0 Å². The minimum absolute atomic E-state index is 0.227. The second kappa shape index (κ2) is 12.5. The Labute approximate surface area is 177 Å². The summed E-state index contributed by atoms with van der Waals surface area (Å²) in [5.74, 6) is 1.05. The van der Waals surface area contributed by atoms with E-state index in [2.05, 4.69) is 5.16 Å². The largest absolute Gasteiger partial charge is 0.497 e. The van der Waals surface area contributed by atoms with E-state index in [0.717, 1.165) is 16.9 Å². The molecule has 2 aromatic rings. The third-order valence-corrected chi connectivity index (χ3v) is 4.24. The first-order valence-corrected chi connectivity index (χ1v) is 9.85. The zero-order valence-corrected chi connectivity index (χ0v) is 17.9. The van der Waals surface area contributed by atoms with Crippen LogP contribution in [0.3, 0.4) is 0 Å². The van der Waals surface area contributed by atoms with Gasteiger partial charge in [0.15, 0.2) is 6.10 Å². The van der Waals surface area contributed by atoms with Crippen molar-refractivity contribution >= 4 is 11.7 Å². The molecule has 0 N–H and O–H groups in total. The Morgan fingerprint density at radius 3 is 2.40 bits per heavy atom. The normalized spacial score (nSPS) is 12.2. The lowest BCUT2D eigenvalue weighted by molar-refractivity contribution is -0.156. The summed E-state index contributed by atoms with van der Waals surface area (Å²) in [5.41, 5.74) is 2.44. The fourth-order valence-electron chi connectivity index (χ4n) is 2.81. The number of rotatable bonds is 12. The molecule has 0 saturated heterocycles. The van der Waals surface area contributed by atoms with Crippen LogP contribution in [0.25, 0.3) is 0 Å². The maximum absolute atomic E-state index is 12.0. The van der Waals surface area contributed by atoms with Gasteiger partial charge >= 0.3 is 5.97 Å². The number of hydrogen-bond donors (Lipinski definition) is 0. The van der Waals surface area contributed by atoms with E-state index in [1.165, 1.54) is 7.11 Å². The second-order valence-electron chi connectivity index (χ2n) is 6.29. The predicted molar refractivity (Wildman–Crippen MR) is 114 cm³/mol. The van der Waals surface area contributed by atoms with Crippen molar-refractivity contribution < 1.29 is 28.6 Å². The Morgan fingerprint density at radius 2 is 1.77 bits per heavy atom. The van der Waals surface area contributed by atoms with Gasteiger partial charge in [0, 0.05) is 18.6 Å². The zero-order chi connectivity index (χ0) is 21.8. The topological polar surface area (TPSA) is 75.6 Å². The van der Waals surface area contributed by atoms with Crippen LogP contribution < -0.4 is 9.47 Å². The molecule has 0 bridgehead atoms. The van der Waals surface area contributed by atoms with Crippen LogP contribution in [-0.2, 0) is 25.5 Å². The van der Waals surface area contributed by atoms with Crippen LogP contribution in [0.2, 0.25) is 0 Å². The first kappa shape index (κ1) is 23.2. The molecule has 0 fully saturated rings. The first-order valence-electron chi connectivity index (χ1n) is 9.85. The number of nitrogens with zero attached hydrogens (tertiary/aromatic N) is 1. The molecule has 7 nitrogen and oxygen atoms in total. The summed E-state index contributed by atoms with van der Waals surface area (Å²) in [6.07, 6.45) is -0.178. The molecule has 2 rings (SSSR count).